The first kappa shape index (κ1) is 18.4. The molecule has 0 aliphatic carbocycles. The predicted octanol–water partition coefficient (Wildman–Crippen LogP) is 4.84. The highest BCUT2D eigenvalue weighted by Crippen LogP contribution is 2.34. The summed E-state index contributed by atoms with van der Waals surface area (Å²) in [6.07, 6.45) is 1.25. The topological polar surface area (TPSA) is 102 Å². The zero-order valence-electron chi connectivity index (χ0n) is 14.6. The van der Waals surface area contributed by atoms with Crippen molar-refractivity contribution in [3.8, 4) is 5.75 Å². The van der Waals surface area contributed by atoms with Crippen molar-refractivity contribution in [2.45, 2.75) is 6.92 Å². The van der Waals surface area contributed by atoms with Gasteiger partial charge in [-0.1, -0.05) is 17.7 Å². The van der Waals surface area contributed by atoms with Crippen LogP contribution >= 0.6 is 11.6 Å². The van der Waals surface area contributed by atoms with E-state index in [1.807, 2.05) is 13.0 Å². The van der Waals surface area contributed by atoms with Crippen LogP contribution in [0, 0.1) is 17.0 Å². The zero-order valence-corrected chi connectivity index (χ0v) is 15.3. The van der Waals surface area contributed by atoms with Gasteiger partial charge in [-0.3, -0.25) is 10.1 Å². The molecule has 0 atom stereocenters. The van der Waals surface area contributed by atoms with Crippen LogP contribution in [0.25, 0.3) is 0 Å². The number of aromatic nitrogens is 2. The fourth-order valence-corrected chi connectivity index (χ4v) is 2.57. The van der Waals surface area contributed by atoms with Crippen LogP contribution in [0.3, 0.4) is 0 Å². The molecule has 0 aliphatic rings. The van der Waals surface area contributed by atoms with Crippen LogP contribution in [-0.4, -0.2) is 22.0 Å². The van der Waals surface area contributed by atoms with Crippen LogP contribution in [0.1, 0.15) is 5.56 Å². The summed E-state index contributed by atoms with van der Waals surface area (Å²) in [6.45, 7) is 1.86. The molecule has 0 unspecified atom stereocenters. The summed E-state index contributed by atoms with van der Waals surface area (Å²) in [7, 11) is 1.56. The molecule has 8 nitrogen and oxygen atoms in total. The van der Waals surface area contributed by atoms with Gasteiger partial charge in [0.05, 0.1) is 12.0 Å². The average Bonchev–Trinajstić information content (AvgIpc) is 2.65. The van der Waals surface area contributed by atoms with E-state index in [1.165, 1.54) is 6.33 Å². The minimum atomic E-state index is -0.534. The van der Waals surface area contributed by atoms with E-state index in [0.29, 0.717) is 22.1 Å². The van der Waals surface area contributed by atoms with E-state index in [-0.39, 0.29) is 17.3 Å². The van der Waals surface area contributed by atoms with Gasteiger partial charge in [0, 0.05) is 16.4 Å². The van der Waals surface area contributed by atoms with Gasteiger partial charge in [-0.2, -0.15) is 0 Å². The summed E-state index contributed by atoms with van der Waals surface area (Å²) in [4.78, 5) is 19.2. The molecule has 0 radical (unpaired) electrons. The first-order valence-corrected chi connectivity index (χ1v) is 8.29. The van der Waals surface area contributed by atoms with E-state index >= 15 is 0 Å². The Balaban J connectivity index is 1.96. The summed E-state index contributed by atoms with van der Waals surface area (Å²) in [5.41, 5.74) is 1.85. The largest absolute Gasteiger partial charge is 0.497 e. The SMILES string of the molecule is COc1ccc(Nc2ncnc(Nc3cc(Cl)ccc3C)c2[N+](=O)[O-])cc1. The quantitative estimate of drug-likeness (QED) is 0.462. The molecular formula is C18H16ClN5O3. The van der Waals surface area contributed by atoms with Crippen LogP contribution in [-0.2, 0) is 0 Å². The van der Waals surface area contributed by atoms with Crippen LogP contribution in [0.15, 0.2) is 48.8 Å². The third-order valence-electron chi connectivity index (χ3n) is 3.81. The second kappa shape index (κ2) is 7.88. The molecule has 0 aliphatic heterocycles. The lowest BCUT2D eigenvalue weighted by atomic mass is 10.2. The molecule has 0 fully saturated rings. The Morgan fingerprint density at radius 2 is 1.74 bits per heavy atom. The minimum absolute atomic E-state index is 0.0661. The third-order valence-corrected chi connectivity index (χ3v) is 4.05. The van der Waals surface area contributed by atoms with Gasteiger partial charge < -0.3 is 15.4 Å². The second-order valence-corrected chi connectivity index (χ2v) is 6.05. The smallest absolute Gasteiger partial charge is 0.353 e. The highest BCUT2D eigenvalue weighted by atomic mass is 35.5. The van der Waals surface area contributed by atoms with E-state index < -0.39 is 4.92 Å². The molecule has 138 valence electrons. The molecule has 0 saturated carbocycles. The van der Waals surface area contributed by atoms with Crippen molar-refractivity contribution < 1.29 is 9.66 Å². The first-order chi connectivity index (χ1) is 13.0. The lowest BCUT2D eigenvalue weighted by Crippen LogP contribution is -2.06. The number of benzene rings is 2. The number of hydrogen-bond donors (Lipinski definition) is 2. The Morgan fingerprint density at radius 1 is 1.07 bits per heavy atom. The number of nitrogens with zero attached hydrogens (tertiary/aromatic N) is 3. The van der Waals surface area contributed by atoms with Crippen LogP contribution < -0.4 is 15.4 Å². The summed E-state index contributed by atoms with van der Waals surface area (Å²) in [6, 6.07) is 12.2. The Bertz CT molecular complexity index is 979. The molecule has 1 aromatic heterocycles. The van der Waals surface area contributed by atoms with Gasteiger partial charge in [0.25, 0.3) is 0 Å². The molecule has 1 heterocycles. The van der Waals surface area contributed by atoms with Crippen molar-refractivity contribution in [1.29, 1.82) is 0 Å². The van der Waals surface area contributed by atoms with Crippen molar-refractivity contribution in [3.63, 3.8) is 0 Å². The second-order valence-electron chi connectivity index (χ2n) is 5.61. The molecule has 9 heteroatoms. The van der Waals surface area contributed by atoms with E-state index in [9.17, 15) is 10.1 Å². The molecule has 2 aromatic carbocycles. The number of aryl methyl sites for hydroxylation is 1. The van der Waals surface area contributed by atoms with Gasteiger partial charge in [-0.25, -0.2) is 9.97 Å². The number of rotatable bonds is 6. The molecule has 27 heavy (non-hydrogen) atoms. The van der Waals surface area contributed by atoms with Gasteiger partial charge >= 0.3 is 5.69 Å². The number of methoxy groups -OCH3 is 1. The maximum Gasteiger partial charge on any atom is 0.353 e. The Kier molecular flexibility index (Phi) is 5.37. The van der Waals surface area contributed by atoms with Gasteiger partial charge in [0.15, 0.2) is 0 Å². The zero-order chi connectivity index (χ0) is 19.4. The Morgan fingerprint density at radius 3 is 2.37 bits per heavy atom. The molecular weight excluding hydrogens is 370 g/mol. The number of nitro groups is 1. The third kappa shape index (κ3) is 4.24. The van der Waals surface area contributed by atoms with Crippen LogP contribution in [0.5, 0.6) is 5.75 Å². The number of nitrogens with one attached hydrogen (secondary N) is 2. The van der Waals surface area contributed by atoms with E-state index in [2.05, 4.69) is 20.6 Å². The number of hydrogen-bond acceptors (Lipinski definition) is 7. The Hall–Kier alpha value is -3.39. The number of ether oxygens (including phenoxy) is 1. The molecule has 0 bridgehead atoms. The van der Waals surface area contributed by atoms with Crippen LogP contribution in [0.2, 0.25) is 5.02 Å². The molecule has 0 spiro atoms. The van der Waals surface area contributed by atoms with Gasteiger partial charge in [0.2, 0.25) is 11.6 Å². The van der Waals surface area contributed by atoms with E-state index in [4.69, 9.17) is 16.3 Å². The summed E-state index contributed by atoms with van der Waals surface area (Å²) in [5.74, 6) is 0.815. The maximum atomic E-state index is 11.7. The number of anilines is 4. The van der Waals surface area contributed by atoms with E-state index in [1.54, 1.807) is 43.5 Å². The lowest BCUT2D eigenvalue weighted by Gasteiger charge is -2.12. The van der Waals surface area contributed by atoms with Crippen molar-refractivity contribution in [1.82, 2.24) is 9.97 Å². The summed E-state index contributed by atoms with van der Waals surface area (Å²) >= 11 is 6.02. The van der Waals surface area contributed by atoms with Gasteiger partial charge in [-0.15, -0.1) is 0 Å². The van der Waals surface area contributed by atoms with Gasteiger partial charge in [0.1, 0.15) is 12.1 Å². The first-order valence-electron chi connectivity index (χ1n) is 7.91. The van der Waals surface area contributed by atoms with E-state index in [0.717, 1.165) is 5.56 Å². The minimum Gasteiger partial charge on any atom is -0.497 e. The van der Waals surface area contributed by atoms with Crippen molar-refractivity contribution in [3.05, 3.63) is 69.5 Å². The summed E-state index contributed by atoms with van der Waals surface area (Å²) < 4.78 is 5.11. The predicted molar refractivity (Wildman–Crippen MR) is 104 cm³/mol. The molecule has 0 amide bonds. The molecule has 0 saturated heterocycles. The highest BCUT2D eigenvalue weighted by Gasteiger charge is 2.23. The molecule has 3 rings (SSSR count). The van der Waals surface area contributed by atoms with Crippen molar-refractivity contribution >= 4 is 40.3 Å². The lowest BCUT2D eigenvalue weighted by molar-refractivity contribution is -0.383. The Labute approximate surface area is 160 Å². The molecule has 3 aromatic rings. The van der Waals surface area contributed by atoms with Crippen molar-refractivity contribution in [2.24, 2.45) is 0 Å². The fourth-order valence-electron chi connectivity index (χ4n) is 2.40. The fraction of sp³-hybridized carbons (Fsp3) is 0.111. The summed E-state index contributed by atoms with van der Waals surface area (Å²) in [5, 5.41) is 18.1. The maximum absolute atomic E-state index is 11.7. The monoisotopic (exact) mass is 385 g/mol. The average molecular weight is 386 g/mol. The standard InChI is InChI=1S/C18H16ClN5O3/c1-11-3-4-12(19)9-15(11)23-18-16(24(25)26)17(20-10-21-18)22-13-5-7-14(27-2)8-6-13/h3-10H,1-2H3,(H2,20,21,22,23). The normalized spacial score (nSPS) is 10.3. The van der Waals surface area contributed by atoms with Gasteiger partial charge in [-0.05, 0) is 48.9 Å². The molecule has 2 N–H and O–H groups in total. The number of halogens is 1. The van der Waals surface area contributed by atoms with Crippen molar-refractivity contribution in [2.75, 3.05) is 17.7 Å². The van der Waals surface area contributed by atoms with Crippen LogP contribution in [0.4, 0.5) is 28.7 Å². The highest BCUT2D eigenvalue weighted by molar-refractivity contribution is 6.30.